The van der Waals surface area contributed by atoms with E-state index in [1.165, 1.54) is 6.07 Å². The molecule has 0 saturated carbocycles. The zero-order valence-electron chi connectivity index (χ0n) is 6.88. The van der Waals surface area contributed by atoms with Crippen LogP contribution in [0.15, 0.2) is 6.07 Å². The molecule has 4 N–H and O–H groups in total. The van der Waals surface area contributed by atoms with Crippen molar-refractivity contribution in [3.05, 3.63) is 22.5 Å². The van der Waals surface area contributed by atoms with Crippen LogP contribution in [0.2, 0.25) is 5.02 Å². The Morgan fingerprint density at radius 3 is 2.54 bits per heavy atom. The van der Waals surface area contributed by atoms with Crippen LogP contribution >= 0.6 is 11.6 Å². The van der Waals surface area contributed by atoms with Gasteiger partial charge >= 0.3 is 7.12 Å². The SMILES string of the molecule is Cc1cc(Cl)c(F)c(B(O)O)c1N. The van der Waals surface area contributed by atoms with Gasteiger partial charge in [-0.1, -0.05) is 11.6 Å². The van der Waals surface area contributed by atoms with Crippen molar-refractivity contribution in [3.63, 3.8) is 0 Å². The van der Waals surface area contributed by atoms with E-state index in [4.69, 9.17) is 27.4 Å². The van der Waals surface area contributed by atoms with E-state index < -0.39 is 12.9 Å². The maximum absolute atomic E-state index is 13.2. The quantitative estimate of drug-likeness (QED) is 0.446. The summed E-state index contributed by atoms with van der Waals surface area (Å²) in [7, 11) is -1.95. The number of halogens is 2. The first kappa shape index (κ1) is 10.3. The third kappa shape index (κ3) is 1.77. The lowest BCUT2D eigenvalue weighted by Gasteiger charge is -2.09. The van der Waals surface area contributed by atoms with Crippen LogP contribution in [0.5, 0.6) is 0 Å². The lowest BCUT2D eigenvalue weighted by molar-refractivity contribution is 0.423. The van der Waals surface area contributed by atoms with Crippen LogP contribution < -0.4 is 11.2 Å². The molecular weight excluding hydrogens is 195 g/mol. The van der Waals surface area contributed by atoms with E-state index in [2.05, 4.69) is 0 Å². The maximum atomic E-state index is 13.2. The molecule has 70 valence electrons. The molecule has 0 heterocycles. The number of rotatable bonds is 1. The van der Waals surface area contributed by atoms with Gasteiger partial charge in [0.2, 0.25) is 0 Å². The van der Waals surface area contributed by atoms with Gasteiger partial charge in [-0.3, -0.25) is 0 Å². The van der Waals surface area contributed by atoms with Crippen LogP contribution in [-0.4, -0.2) is 17.2 Å². The molecule has 6 heteroatoms. The van der Waals surface area contributed by atoms with Crippen LogP contribution in [0.1, 0.15) is 5.56 Å². The number of nitrogens with two attached hydrogens (primary N) is 1. The average Bonchev–Trinajstić information content (AvgIpc) is 2.01. The molecule has 0 saturated heterocycles. The normalized spacial score (nSPS) is 10.2. The summed E-state index contributed by atoms with van der Waals surface area (Å²) in [6.07, 6.45) is 0. The maximum Gasteiger partial charge on any atom is 0.493 e. The van der Waals surface area contributed by atoms with E-state index in [-0.39, 0.29) is 16.2 Å². The summed E-state index contributed by atoms with van der Waals surface area (Å²) in [4.78, 5) is 0. The van der Waals surface area contributed by atoms with E-state index in [1.807, 2.05) is 0 Å². The summed E-state index contributed by atoms with van der Waals surface area (Å²) >= 11 is 5.48. The molecule has 1 aromatic rings. The zero-order chi connectivity index (χ0) is 10.2. The fraction of sp³-hybridized carbons (Fsp3) is 0.143. The second kappa shape index (κ2) is 3.53. The summed E-state index contributed by atoms with van der Waals surface area (Å²) in [5.41, 5.74) is 5.58. The Kier molecular flexibility index (Phi) is 2.80. The highest BCUT2D eigenvalue weighted by molar-refractivity contribution is 6.61. The van der Waals surface area contributed by atoms with Crippen LogP contribution in [0.25, 0.3) is 0 Å². The smallest absolute Gasteiger partial charge is 0.423 e. The molecule has 1 aromatic carbocycles. The van der Waals surface area contributed by atoms with Crippen LogP contribution in [0.3, 0.4) is 0 Å². The molecule has 0 aliphatic carbocycles. The molecule has 1 rings (SSSR count). The molecule has 0 radical (unpaired) electrons. The van der Waals surface area contributed by atoms with Crippen molar-refractivity contribution >= 4 is 29.9 Å². The van der Waals surface area contributed by atoms with E-state index in [0.717, 1.165) is 0 Å². The second-order valence-electron chi connectivity index (χ2n) is 2.69. The average molecular weight is 203 g/mol. The fourth-order valence-electron chi connectivity index (χ4n) is 1.04. The minimum atomic E-state index is -1.95. The van der Waals surface area contributed by atoms with Gasteiger partial charge in [0.1, 0.15) is 5.82 Å². The van der Waals surface area contributed by atoms with Gasteiger partial charge in [-0.2, -0.15) is 0 Å². The molecule has 0 amide bonds. The fourth-order valence-corrected chi connectivity index (χ4v) is 1.31. The third-order valence-electron chi connectivity index (χ3n) is 1.76. The minimum Gasteiger partial charge on any atom is -0.423 e. The first-order valence-corrected chi connectivity index (χ1v) is 3.93. The molecule has 0 spiro atoms. The summed E-state index contributed by atoms with van der Waals surface area (Å²) in [6.45, 7) is 1.60. The summed E-state index contributed by atoms with van der Waals surface area (Å²) in [6, 6.07) is 1.33. The lowest BCUT2D eigenvalue weighted by atomic mass is 9.77. The van der Waals surface area contributed by atoms with E-state index >= 15 is 0 Å². The van der Waals surface area contributed by atoms with E-state index in [0.29, 0.717) is 5.56 Å². The van der Waals surface area contributed by atoms with Crippen LogP contribution in [-0.2, 0) is 0 Å². The summed E-state index contributed by atoms with van der Waals surface area (Å²) in [5, 5.41) is 17.5. The molecule has 0 aliphatic rings. The number of hydrogen-bond donors (Lipinski definition) is 3. The van der Waals surface area contributed by atoms with Crippen molar-refractivity contribution in [1.82, 2.24) is 0 Å². The number of aryl methyl sites for hydroxylation is 1. The third-order valence-corrected chi connectivity index (χ3v) is 2.04. The lowest BCUT2D eigenvalue weighted by Crippen LogP contribution is -2.36. The van der Waals surface area contributed by atoms with Gasteiger partial charge in [-0.25, -0.2) is 4.39 Å². The monoisotopic (exact) mass is 203 g/mol. The largest absolute Gasteiger partial charge is 0.493 e. The number of hydrogen-bond acceptors (Lipinski definition) is 3. The Morgan fingerprint density at radius 2 is 2.08 bits per heavy atom. The van der Waals surface area contributed by atoms with Gasteiger partial charge in [-0.05, 0) is 18.6 Å². The first-order chi connectivity index (χ1) is 5.95. The van der Waals surface area contributed by atoms with Crippen molar-refractivity contribution in [2.75, 3.05) is 5.73 Å². The van der Waals surface area contributed by atoms with Crippen LogP contribution in [0.4, 0.5) is 10.1 Å². The highest BCUT2D eigenvalue weighted by atomic mass is 35.5. The Labute approximate surface area is 80.1 Å². The Hall–Kier alpha value is -0.775. The Morgan fingerprint density at radius 1 is 1.54 bits per heavy atom. The second-order valence-corrected chi connectivity index (χ2v) is 3.10. The molecule has 0 aliphatic heterocycles. The standard InChI is InChI=1S/C7H8BClFNO2/c1-3-2-4(9)6(10)5(7(3)11)8(12)13/h2,12-13H,11H2,1H3. The highest BCUT2D eigenvalue weighted by Crippen LogP contribution is 2.19. The van der Waals surface area contributed by atoms with E-state index in [1.54, 1.807) is 6.92 Å². The molecular formula is C7H8BClFNO2. The highest BCUT2D eigenvalue weighted by Gasteiger charge is 2.23. The Balaban J connectivity index is 3.46. The molecule has 3 nitrogen and oxygen atoms in total. The predicted octanol–water partition coefficient (Wildman–Crippen LogP) is 0.0495. The van der Waals surface area contributed by atoms with Gasteiger partial charge in [0, 0.05) is 11.2 Å². The zero-order valence-corrected chi connectivity index (χ0v) is 7.64. The summed E-state index contributed by atoms with van der Waals surface area (Å²) in [5.74, 6) is -0.889. The molecule has 0 fully saturated rings. The molecule has 13 heavy (non-hydrogen) atoms. The molecule has 0 aromatic heterocycles. The van der Waals surface area contributed by atoms with Crippen molar-refractivity contribution < 1.29 is 14.4 Å². The molecule has 0 atom stereocenters. The van der Waals surface area contributed by atoms with E-state index in [9.17, 15) is 4.39 Å². The van der Waals surface area contributed by atoms with Crippen molar-refractivity contribution in [3.8, 4) is 0 Å². The van der Waals surface area contributed by atoms with Crippen LogP contribution in [0, 0.1) is 12.7 Å². The summed E-state index contributed by atoms with van der Waals surface area (Å²) < 4.78 is 13.2. The predicted molar refractivity (Wildman–Crippen MR) is 50.4 cm³/mol. The van der Waals surface area contributed by atoms with Crippen molar-refractivity contribution in [1.29, 1.82) is 0 Å². The van der Waals surface area contributed by atoms with Gasteiger partial charge in [0.15, 0.2) is 0 Å². The molecule has 0 unspecified atom stereocenters. The van der Waals surface area contributed by atoms with Crippen molar-refractivity contribution in [2.24, 2.45) is 0 Å². The van der Waals surface area contributed by atoms with Crippen molar-refractivity contribution in [2.45, 2.75) is 6.92 Å². The number of anilines is 1. The Bertz CT molecular complexity index is 320. The van der Waals surface area contributed by atoms with Gasteiger partial charge in [0.05, 0.1) is 5.02 Å². The number of benzene rings is 1. The minimum absolute atomic E-state index is 0.0110. The first-order valence-electron chi connectivity index (χ1n) is 3.55. The van der Waals surface area contributed by atoms with Gasteiger partial charge in [-0.15, -0.1) is 0 Å². The molecule has 0 bridgehead atoms. The topological polar surface area (TPSA) is 66.5 Å². The number of nitrogen functional groups attached to an aromatic ring is 1. The van der Waals surface area contributed by atoms with Gasteiger partial charge in [0.25, 0.3) is 0 Å². The van der Waals surface area contributed by atoms with Gasteiger partial charge < -0.3 is 15.8 Å².